The van der Waals surface area contributed by atoms with E-state index in [-0.39, 0.29) is 23.3 Å². The first-order valence-corrected chi connectivity index (χ1v) is 9.51. The zero-order valence-corrected chi connectivity index (χ0v) is 17.3. The molecule has 0 saturated carbocycles. The summed E-state index contributed by atoms with van der Waals surface area (Å²) >= 11 is 12.1. The number of carbonyl (C=O) groups excluding carboxylic acids is 2. The number of fused-ring (bicyclic) bond motifs is 1. The molecule has 154 valence electrons. The number of anilines is 1. The molecule has 12 heteroatoms. The van der Waals surface area contributed by atoms with Gasteiger partial charge in [0.2, 0.25) is 5.82 Å². The van der Waals surface area contributed by atoms with Crippen molar-refractivity contribution in [3.05, 3.63) is 52.3 Å². The highest BCUT2D eigenvalue weighted by Gasteiger charge is 2.32. The van der Waals surface area contributed by atoms with Crippen LogP contribution in [0.3, 0.4) is 0 Å². The minimum Gasteiger partial charge on any atom is -0.487 e. The van der Waals surface area contributed by atoms with Crippen molar-refractivity contribution in [1.29, 1.82) is 0 Å². The number of carbonyl (C=O) groups is 2. The maximum absolute atomic E-state index is 12.8. The van der Waals surface area contributed by atoms with Gasteiger partial charge in [-0.3, -0.25) is 14.5 Å². The van der Waals surface area contributed by atoms with Crippen molar-refractivity contribution in [1.82, 2.24) is 30.0 Å². The lowest BCUT2D eigenvalue weighted by molar-refractivity contribution is -0.120. The smallest absolute Gasteiger partial charge is 0.289 e. The lowest BCUT2D eigenvalue weighted by Crippen LogP contribution is -2.49. The Morgan fingerprint density at radius 1 is 1.27 bits per heavy atom. The minimum atomic E-state index is -0.981. The second kappa shape index (κ2) is 7.88. The van der Waals surface area contributed by atoms with E-state index in [2.05, 4.69) is 25.4 Å². The average molecular weight is 448 g/mol. The highest BCUT2D eigenvalue weighted by molar-refractivity contribution is 6.32. The van der Waals surface area contributed by atoms with E-state index >= 15 is 0 Å². The maximum atomic E-state index is 12.8. The molecular formula is C18H15Cl2N7O3. The van der Waals surface area contributed by atoms with Crippen molar-refractivity contribution in [2.75, 3.05) is 18.6 Å². The normalized spacial score (nSPS) is 15.9. The number of aromatic nitrogens is 5. The highest BCUT2D eigenvalue weighted by atomic mass is 35.5. The van der Waals surface area contributed by atoms with Crippen molar-refractivity contribution in [2.45, 2.75) is 13.0 Å². The molecule has 2 amide bonds. The molecule has 4 rings (SSSR count). The van der Waals surface area contributed by atoms with Crippen molar-refractivity contribution >= 4 is 40.8 Å². The second-order valence-corrected chi connectivity index (χ2v) is 7.32. The number of likely N-dealkylation sites (N-methyl/N-ethyl adjacent to an activating group) is 1. The van der Waals surface area contributed by atoms with E-state index in [9.17, 15) is 9.59 Å². The number of nitrogens with zero attached hydrogens (tertiary/aromatic N) is 6. The zero-order valence-electron chi connectivity index (χ0n) is 15.8. The van der Waals surface area contributed by atoms with Gasteiger partial charge < -0.3 is 10.1 Å². The summed E-state index contributed by atoms with van der Waals surface area (Å²) in [6.45, 7) is 1.70. The Kier molecular flexibility index (Phi) is 5.27. The lowest BCUT2D eigenvalue weighted by atomic mass is 10.2. The highest BCUT2D eigenvalue weighted by Crippen LogP contribution is 2.30. The first-order chi connectivity index (χ1) is 14.3. The number of rotatable bonds is 3. The van der Waals surface area contributed by atoms with Gasteiger partial charge in [0.1, 0.15) is 17.7 Å². The topological polar surface area (TPSA) is 115 Å². The monoisotopic (exact) mass is 447 g/mol. The van der Waals surface area contributed by atoms with Crippen LogP contribution in [0.15, 0.2) is 30.7 Å². The third-order valence-corrected chi connectivity index (χ3v) is 4.80. The van der Waals surface area contributed by atoms with Crippen molar-refractivity contribution in [2.24, 2.45) is 0 Å². The van der Waals surface area contributed by atoms with Gasteiger partial charge in [-0.25, -0.2) is 19.6 Å². The molecular weight excluding hydrogens is 433 g/mol. The molecule has 3 aromatic heterocycles. The molecule has 1 atom stereocenters. The van der Waals surface area contributed by atoms with E-state index in [0.717, 1.165) is 5.69 Å². The van der Waals surface area contributed by atoms with Gasteiger partial charge in [0.05, 0.1) is 16.9 Å². The molecule has 0 aliphatic carbocycles. The van der Waals surface area contributed by atoms with Gasteiger partial charge in [-0.2, -0.15) is 5.10 Å². The van der Waals surface area contributed by atoms with E-state index < -0.39 is 17.9 Å². The molecule has 4 heterocycles. The summed E-state index contributed by atoms with van der Waals surface area (Å²) in [5.41, 5.74) is 0.758. The Bertz CT molecular complexity index is 1150. The van der Waals surface area contributed by atoms with E-state index in [1.165, 1.54) is 29.0 Å². The summed E-state index contributed by atoms with van der Waals surface area (Å²) in [7, 11) is 1.53. The summed E-state index contributed by atoms with van der Waals surface area (Å²) in [5, 5.41) is 7.42. The molecule has 1 N–H and O–H groups in total. The van der Waals surface area contributed by atoms with Gasteiger partial charge in [-0.15, -0.1) is 0 Å². The molecule has 0 unspecified atom stereocenters. The molecule has 0 fully saturated rings. The molecule has 0 bridgehead atoms. The molecule has 1 aliphatic rings. The van der Waals surface area contributed by atoms with Gasteiger partial charge in [0.15, 0.2) is 17.4 Å². The Hall–Kier alpha value is -3.24. The average Bonchev–Trinajstić information content (AvgIpc) is 3.12. The molecule has 3 aromatic rings. The standard InChI is InChI=1S/C18H15Cl2N7O3/c1-9-3-4-27(25-9)15-11(20)7-21-14(24-15)17(28)23-12-8-30-13-5-10(19)6-22-16(13)26(2)18(12)29/h3-7,12H,8H2,1-2H3,(H,23,28)/t12-/m0/s1. The quantitative estimate of drug-likeness (QED) is 0.650. The summed E-state index contributed by atoms with van der Waals surface area (Å²) in [5.74, 6) is -0.343. The van der Waals surface area contributed by atoms with Crippen LogP contribution in [0.25, 0.3) is 5.82 Å². The molecule has 10 nitrogen and oxygen atoms in total. The van der Waals surface area contributed by atoms with Crippen LogP contribution in [0.2, 0.25) is 10.0 Å². The van der Waals surface area contributed by atoms with Gasteiger partial charge in [-0.1, -0.05) is 23.2 Å². The first kappa shape index (κ1) is 20.0. The van der Waals surface area contributed by atoms with Crippen LogP contribution in [0.5, 0.6) is 5.75 Å². The fraction of sp³-hybridized carbons (Fsp3) is 0.222. The Morgan fingerprint density at radius 3 is 2.80 bits per heavy atom. The Balaban J connectivity index is 1.56. The van der Waals surface area contributed by atoms with Crippen LogP contribution in [0.4, 0.5) is 5.82 Å². The van der Waals surface area contributed by atoms with E-state index in [1.807, 2.05) is 6.92 Å². The van der Waals surface area contributed by atoms with Crippen molar-refractivity contribution in [3.63, 3.8) is 0 Å². The maximum Gasteiger partial charge on any atom is 0.289 e. The largest absolute Gasteiger partial charge is 0.487 e. The van der Waals surface area contributed by atoms with Gasteiger partial charge >= 0.3 is 0 Å². The molecule has 0 spiro atoms. The molecule has 0 saturated heterocycles. The van der Waals surface area contributed by atoms with Crippen molar-refractivity contribution < 1.29 is 14.3 Å². The number of halogens is 2. The van der Waals surface area contributed by atoms with Crippen LogP contribution in [0, 0.1) is 6.92 Å². The van der Waals surface area contributed by atoms with E-state index in [0.29, 0.717) is 16.6 Å². The fourth-order valence-corrected chi connectivity index (χ4v) is 3.17. The Labute approximate surface area is 180 Å². The van der Waals surface area contributed by atoms with E-state index in [1.54, 1.807) is 18.3 Å². The van der Waals surface area contributed by atoms with Gasteiger partial charge in [0.25, 0.3) is 11.8 Å². The van der Waals surface area contributed by atoms with Crippen LogP contribution in [-0.2, 0) is 4.79 Å². The summed E-state index contributed by atoms with van der Waals surface area (Å²) in [6, 6.07) is 2.34. The number of hydrogen-bond acceptors (Lipinski definition) is 7. The number of nitrogens with one attached hydrogen (secondary N) is 1. The fourth-order valence-electron chi connectivity index (χ4n) is 2.84. The third-order valence-electron chi connectivity index (χ3n) is 4.32. The summed E-state index contributed by atoms with van der Waals surface area (Å²) in [6.07, 6.45) is 4.37. The van der Waals surface area contributed by atoms with Crippen LogP contribution < -0.4 is 15.0 Å². The van der Waals surface area contributed by atoms with Crippen molar-refractivity contribution in [3.8, 4) is 11.6 Å². The van der Waals surface area contributed by atoms with Gasteiger partial charge in [-0.05, 0) is 13.0 Å². The van der Waals surface area contributed by atoms with Crippen LogP contribution >= 0.6 is 23.2 Å². The predicted molar refractivity (Wildman–Crippen MR) is 108 cm³/mol. The van der Waals surface area contributed by atoms with Crippen LogP contribution in [-0.4, -0.2) is 56.2 Å². The minimum absolute atomic E-state index is 0.108. The van der Waals surface area contributed by atoms with Crippen LogP contribution in [0.1, 0.15) is 16.3 Å². The van der Waals surface area contributed by atoms with E-state index in [4.69, 9.17) is 27.9 Å². The summed E-state index contributed by atoms with van der Waals surface area (Å²) < 4.78 is 7.07. The SMILES string of the molecule is Cc1ccn(-c2nc(C(=O)N[C@H]3COc4cc(Cl)cnc4N(C)C3=O)ncc2Cl)n1. The lowest BCUT2D eigenvalue weighted by Gasteiger charge is -2.19. The summed E-state index contributed by atoms with van der Waals surface area (Å²) in [4.78, 5) is 39.1. The predicted octanol–water partition coefficient (Wildman–Crippen LogP) is 1.83. The zero-order chi connectivity index (χ0) is 21.4. The number of pyridine rings is 1. The third kappa shape index (κ3) is 3.79. The number of aryl methyl sites for hydroxylation is 1. The number of hydrogen-bond donors (Lipinski definition) is 1. The molecule has 30 heavy (non-hydrogen) atoms. The first-order valence-electron chi connectivity index (χ1n) is 8.75. The molecule has 1 aliphatic heterocycles. The molecule has 0 radical (unpaired) electrons. The number of amides is 2. The molecule has 0 aromatic carbocycles. The number of ether oxygens (including phenoxy) is 1. The van der Waals surface area contributed by atoms with Gasteiger partial charge in [0, 0.05) is 25.5 Å². The second-order valence-electron chi connectivity index (χ2n) is 6.48. The Morgan fingerprint density at radius 2 is 2.07 bits per heavy atom.